The summed E-state index contributed by atoms with van der Waals surface area (Å²) in [4.78, 5) is 20.0. The quantitative estimate of drug-likeness (QED) is 0.520. The lowest BCUT2D eigenvalue weighted by Gasteiger charge is -2.50. The molecule has 1 aromatic heterocycles. The number of hydrogen-bond donors (Lipinski definition) is 1. The van der Waals surface area contributed by atoms with E-state index in [2.05, 4.69) is 21.7 Å². The number of amides is 1. The Kier molecular flexibility index (Phi) is 8.73. The molecule has 2 aliphatic rings. The fraction of sp³-hybridized carbons (Fsp3) is 0.654. The summed E-state index contributed by atoms with van der Waals surface area (Å²) >= 11 is 6.03. The zero-order valence-corrected chi connectivity index (χ0v) is 22.8. The molecule has 10 heteroatoms. The molecule has 2 unspecified atom stereocenters. The van der Waals surface area contributed by atoms with Crippen molar-refractivity contribution >= 4 is 27.5 Å². The van der Waals surface area contributed by atoms with Crippen molar-refractivity contribution in [2.75, 3.05) is 12.3 Å². The number of hydrogen-bond acceptors (Lipinski definition) is 5. The van der Waals surface area contributed by atoms with Gasteiger partial charge in [0.1, 0.15) is 18.7 Å². The van der Waals surface area contributed by atoms with E-state index in [0.717, 1.165) is 31.2 Å². The molecule has 0 bridgehead atoms. The highest BCUT2D eigenvalue weighted by atomic mass is 35.5. The van der Waals surface area contributed by atoms with E-state index < -0.39 is 16.1 Å². The van der Waals surface area contributed by atoms with Crippen molar-refractivity contribution < 1.29 is 13.2 Å². The molecule has 4 rings (SSSR count). The van der Waals surface area contributed by atoms with E-state index in [4.69, 9.17) is 11.6 Å². The third-order valence-corrected chi connectivity index (χ3v) is 9.78. The van der Waals surface area contributed by atoms with Crippen molar-refractivity contribution in [1.82, 2.24) is 24.4 Å². The van der Waals surface area contributed by atoms with Crippen LogP contribution in [0.15, 0.2) is 36.9 Å². The lowest BCUT2D eigenvalue weighted by molar-refractivity contribution is -0.139. The Bertz CT molecular complexity index is 1100. The highest BCUT2D eigenvalue weighted by Gasteiger charge is 2.48. The molecule has 0 radical (unpaired) electrons. The summed E-state index contributed by atoms with van der Waals surface area (Å²) in [5.41, 5.74) is 0.696. The molecule has 1 saturated carbocycles. The largest absolute Gasteiger partial charge is 0.338 e. The van der Waals surface area contributed by atoms with E-state index in [-0.39, 0.29) is 29.7 Å². The molecular weight excluding hydrogens is 498 g/mol. The van der Waals surface area contributed by atoms with Crippen LogP contribution in [0.3, 0.4) is 0 Å². The van der Waals surface area contributed by atoms with Crippen LogP contribution in [-0.2, 0) is 26.8 Å². The first-order chi connectivity index (χ1) is 17.2. The second-order valence-corrected chi connectivity index (χ2v) is 12.7. The maximum Gasteiger partial charge on any atom is 0.241 e. The van der Waals surface area contributed by atoms with Crippen LogP contribution in [0, 0.1) is 5.92 Å². The molecule has 1 saturated heterocycles. The summed E-state index contributed by atoms with van der Waals surface area (Å²) in [6.45, 7) is 4.45. The molecule has 2 heterocycles. The van der Waals surface area contributed by atoms with Crippen molar-refractivity contribution in [1.29, 1.82) is 0 Å². The van der Waals surface area contributed by atoms with Gasteiger partial charge in [-0.2, -0.15) is 5.10 Å². The summed E-state index contributed by atoms with van der Waals surface area (Å²) in [5.74, 6) is 0.317. The summed E-state index contributed by atoms with van der Waals surface area (Å²) in [6, 6.07) is 6.29. The second-order valence-electron chi connectivity index (χ2n) is 10.4. The van der Waals surface area contributed by atoms with Gasteiger partial charge in [-0.1, -0.05) is 49.9 Å². The summed E-state index contributed by atoms with van der Waals surface area (Å²) in [6.07, 6.45) is 11.8. The number of likely N-dealkylation sites (tertiary alicyclic amines) is 1. The third-order valence-electron chi connectivity index (χ3n) is 7.94. The maximum absolute atomic E-state index is 13.9. The number of sulfonamides is 1. The Morgan fingerprint density at radius 3 is 2.56 bits per heavy atom. The number of aromatic nitrogens is 3. The van der Waals surface area contributed by atoms with Crippen molar-refractivity contribution in [3.8, 4) is 0 Å². The first-order valence-electron chi connectivity index (χ1n) is 13.1. The van der Waals surface area contributed by atoms with Crippen LogP contribution in [0.25, 0.3) is 0 Å². The van der Waals surface area contributed by atoms with Crippen LogP contribution < -0.4 is 4.72 Å². The van der Waals surface area contributed by atoms with Gasteiger partial charge in [0, 0.05) is 17.6 Å². The van der Waals surface area contributed by atoms with E-state index in [1.807, 2.05) is 35.0 Å². The Morgan fingerprint density at radius 1 is 1.22 bits per heavy atom. The Morgan fingerprint density at radius 2 is 1.94 bits per heavy atom. The van der Waals surface area contributed by atoms with Gasteiger partial charge in [0.15, 0.2) is 0 Å². The molecule has 0 spiro atoms. The number of piperidine rings is 1. The highest BCUT2D eigenvalue weighted by molar-refractivity contribution is 7.89. The van der Waals surface area contributed by atoms with Gasteiger partial charge in [-0.3, -0.25) is 4.79 Å². The minimum atomic E-state index is -3.58. The molecule has 2 aromatic rings. The van der Waals surface area contributed by atoms with E-state index >= 15 is 0 Å². The number of carbonyl (C=O) groups is 1. The summed E-state index contributed by atoms with van der Waals surface area (Å²) < 4.78 is 30.1. The molecule has 1 aliphatic heterocycles. The average Bonchev–Trinajstić information content (AvgIpc) is 3.40. The van der Waals surface area contributed by atoms with Gasteiger partial charge in [0.2, 0.25) is 15.9 Å². The predicted molar refractivity (Wildman–Crippen MR) is 141 cm³/mol. The van der Waals surface area contributed by atoms with Crippen molar-refractivity contribution in [2.45, 2.75) is 89.3 Å². The predicted octanol–water partition coefficient (Wildman–Crippen LogP) is 4.16. The molecular formula is C26H38ClN5O3S. The van der Waals surface area contributed by atoms with Crippen LogP contribution in [0.5, 0.6) is 0 Å². The van der Waals surface area contributed by atoms with Crippen LogP contribution >= 0.6 is 11.6 Å². The molecule has 1 N–H and O–H groups in total. The molecule has 1 amide bonds. The number of benzene rings is 1. The molecule has 36 heavy (non-hydrogen) atoms. The van der Waals surface area contributed by atoms with Crippen molar-refractivity contribution in [3.63, 3.8) is 0 Å². The fourth-order valence-corrected chi connectivity index (χ4v) is 7.61. The van der Waals surface area contributed by atoms with Gasteiger partial charge >= 0.3 is 0 Å². The maximum atomic E-state index is 13.9. The van der Waals surface area contributed by atoms with Gasteiger partial charge in [0.25, 0.3) is 0 Å². The first kappa shape index (κ1) is 27.1. The number of rotatable bonds is 9. The lowest BCUT2D eigenvalue weighted by atomic mass is 9.68. The molecule has 2 fully saturated rings. The fourth-order valence-electron chi connectivity index (χ4n) is 6.21. The normalized spacial score (nSPS) is 24.5. The van der Waals surface area contributed by atoms with Crippen LogP contribution in [-0.4, -0.2) is 58.4 Å². The third kappa shape index (κ3) is 6.11. The van der Waals surface area contributed by atoms with Crippen LogP contribution in [0.2, 0.25) is 5.02 Å². The zero-order chi connectivity index (χ0) is 25.8. The molecule has 1 aliphatic carbocycles. The standard InChI is InChI=1S/C26H38ClN5O3S/c1-3-15-36(34,35)30-24(16-21-9-11-23(27)12-10-21)25(33)31-14-13-26(17-20(31)2,32-19-28-18-29-32)22-7-5-4-6-8-22/h9-12,18-20,22,24,30H,3-8,13-17H2,1-2H3/t20?,24-,26?/m0/s1. The number of carbonyl (C=O) groups excluding carboxylic acids is 1. The van der Waals surface area contributed by atoms with Crippen LogP contribution in [0.1, 0.15) is 70.8 Å². The van der Waals surface area contributed by atoms with Crippen molar-refractivity contribution in [3.05, 3.63) is 47.5 Å². The Balaban J connectivity index is 1.56. The van der Waals surface area contributed by atoms with E-state index in [1.54, 1.807) is 18.5 Å². The van der Waals surface area contributed by atoms with E-state index in [0.29, 0.717) is 23.9 Å². The van der Waals surface area contributed by atoms with Gasteiger partial charge in [-0.25, -0.2) is 22.8 Å². The monoisotopic (exact) mass is 535 g/mol. The van der Waals surface area contributed by atoms with Crippen LogP contribution in [0.4, 0.5) is 0 Å². The first-order valence-corrected chi connectivity index (χ1v) is 15.2. The molecule has 1 aromatic carbocycles. The summed E-state index contributed by atoms with van der Waals surface area (Å²) in [5, 5.41) is 5.16. The number of nitrogens with one attached hydrogen (secondary N) is 1. The SMILES string of the molecule is CCCS(=O)(=O)N[C@@H](Cc1ccc(Cl)cc1)C(=O)N1CCC(C2CCCCC2)(n2cncn2)CC1C. The summed E-state index contributed by atoms with van der Waals surface area (Å²) in [7, 11) is -3.58. The van der Waals surface area contributed by atoms with Crippen molar-refractivity contribution in [2.24, 2.45) is 5.92 Å². The molecule has 198 valence electrons. The molecule has 3 atom stereocenters. The van der Waals surface area contributed by atoms with E-state index in [9.17, 15) is 13.2 Å². The minimum absolute atomic E-state index is 0.00988. The number of nitrogens with zero attached hydrogens (tertiary/aromatic N) is 4. The second kappa shape index (κ2) is 11.6. The zero-order valence-electron chi connectivity index (χ0n) is 21.3. The average molecular weight is 536 g/mol. The highest BCUT2D eigenvalue weighted by Crippen LogP contribution is 2.45. The van der Waals surface area contributed by atoms with Gasteiger partial charge in [0.05, 0.1) is 11.3 Å². The lowest BCUT2D eigenvalue weighted by Crippen LogP contribution is -2.59. The van der Waals surface area contributed by atoms with Gasteiger partial charge < -0.3 is 4.90 Å². The topological polar surface area (TPSA) is 97.2 Å². The number of halogens is 1. The van der Waals surface area contributed by atoms with Gasteiger partial charge in [-0.05, 0) is 69.1 Å². The van der Waals surface area contributed by atoms with E-state index in [1.165, 1.54) is 19.3 Å². The smallest absolute Gasteiger partial charge is 0.241 e. The van der Waals surface area contributed by atoms with Gasteiger partial charge in [-0.15, -0.1) is 0 Å². The molecule has 8 nitrogen and oxygen atoms in total. The Hall–Kier alpha value is -1.97. The Labute approximate surface area is 219 Å². The minimum Gasteiger partial charge on any atom is -0.338 e.